The number of hydrogen-bond acceptors (Lipinski definition) is 3. The molecule has 0 aliphatic rings. The predicted octanol–water partition coefficient (Wildman–Crippen LogP) is 4.14. The Bertz CT molecular complexity index is 717. The number of carbonyl (C=O) groups is 2. The summed E-state index contributed by atoms with van der Waals surface area (Å²) in [4.78, 5) is 23.0. The van der Waals surface area contributed by atoms with Crippen molar-refractivity contribution >= 4 is 23.4 Å². The summed E-state index contributed by atoms with van der Waals surface area (Å²) in [6, 6.07) is 14.0. The first-order chi connectivity index (χ1) is 12.1. The van der Waals surface area contributed by atoms with Crippen molar-refractivity contribution in [2.24, 2.45) is 0 Å². The maximum absolute atomic E-state index is 12.2. The van der Waals surface area contributed by atoms with Gasteiger partial charge in [-0.3, -0.25) is 4.79 Å². The van der Waals surface area contributed by atoms with Gasteiger partial charge in [0.25, 0.3) is 0 Å². The van der Waals surface area contributed by atoms with Crippen LogP contribution in [0.4, 0.5) is 16.2 Å². The van der Waals surface area contributed by atoms with Gasteiger partial charge in [-0.05, 0) is 42.7 Å². The van der Waals surface area contributed by atoms with Gasteiger partial charge >= 0.3 is 12.0 Å². The molecule has 0 radical (unpaired) electrons. The largest absolute Gasteiger partial charge is 0.491 e. The van der Waals surface area contributed by atoms with Crippen molar-refractivity contribution in [3.63, 3.8) is 0 Å². The molecule has 0 aliphatic carbocycles. The molecule has 2 amide bonds. The van der Waals surface area contributed by atoms with Gasteiger partial charge in [0.15, 0.2) is 0 Å². The summed E-state index contributed by atoms with van der Waals surface area (Å²) in [6.07, 6.45) is 1.26. The second-order valence-electron chi connectivity index (χ2n) is 5.52. The Kier molecular flexibility index (Phi) is 6.83. The van der Waals surface area contributed by atoms with Gasteiger partial charge in [0.1, 0.15) is 5.75 Å². The van der Waals surface area contributed by atoms with Crippen molar-refractivity contribution in [1.29, 1.82) is 0 Å². The highest BCUT2D eigenvalue weighted by atomic mass is 16.5. The van der Waals surface area contributed by atoms with Crippen LogP contribution < -0.4 is 15.4 Å². The quantitative estimate of drug-likeness (QED) is 0.673. The van der Waals surface area contributed by atoms with Crippen molar-refractivity contribution < 1.29 is 19.4 Å². The lowest BCUT2D eigenvalue weighted by molar-refractivity contribution is -0.136. The summed E-state index contributed by atoms with van der Waals surface area (Å²) in [5, 5.41) is 14.3. The first-order valence-corrected chi connectivity index (χ1v) is 8.19. The molecule has 6 heteroatoms. The molecular weight excluding hydrogens is 320 g/mol. The zero-order valence-electron chi connectivity index (χ0n) is 14.1. The third-order valence-corrected chi connectivity index (χ3v) is 3.41. The zero-order valence-corrected chi connectivity index (χ0v) is 14.1. The number of aliphatic carboxylic acids is 1. The monoisotopic (exact) mass is 342 g/mol. The van der Waals surface area contributed by atoms with Crippen LogP contribution in [0.2, 0.25) is 0 Å². The van der Waals surface area contributed by atoms with Gasteiger partial charge < -0.3 is 20.5 Å². The van der Waals surface area contributed by atoms with Gasteiger partial charge in [-0.15, -0.1) is 0 Å². The van der Waals surface area contributed by atoms with E-state index >= 15 is 0 Å². The molecule has 0 atom stereocenters. The van der Waals surface area contributed by atoms with Gasteiger partial charge in [0, 0.05) is 12.1 Å². The number of ether oxygens (including phenoxy) is 1. The molecule has 3 N–H and O–H groups in total. The number of anilines is 2. The van der Waals surface area contributed by atoms with Crippen molar-refractivity contribution in [3.05, 3.63) is 54.1 Å². The molecule has 0 saturated heterocycles. The van der Waals surface area contributed by atoms with Gasteiger partial charge in [-0.25, -0.2) is 4.79 Å². The third-order valence-electron chi connectivity index (χ3n) is 3.41. The van der Waals surface area contributed by atoms with Crippen LogP contribution in [0.3, 0.4) is 0 Å². The maximum atomic E-state index is 12.2. The SMILES string of the molecule is CCCOc1ccc(CCC(=O)O)cc1NC(=O)Nc1ccccc1. The molecule has 2 aromatic rings. The van der Waals surface area contributed by atoms with Crippen LogP contribution in [0.1, 0.15) is 25.3 Å². The highest BCUT2D eigenvalue weighted by molar-refractivity contribution is 6.00. The van der Waals surface area contributed by atoms with E-state index in [2.05, 4.69) is 10.6 Å². The number of hydrogen-bond donors (Lipinski definition) is 3. The summed E-state index contributed by atoms with van der Waals surface area (Å²) >= 11 is 0. The van der Waals surface area contributed by atoms with E-state index in [-0.39, 0.29) is 12.5 Å². The summed E-state index contributed by atoms with van der Waals surface area (Å²) in [7, 11) is 0. The molecule has 0 bridgehead atoms. The molecule has 0 unspecified atom stereocenters. The number of rotatable bonds is 8. The molecule has 0 aliphatic heterocycles. The topological polar surface area (TPSA) is 87.7 Å². The molecule has 6 nitrogen and oxygen atoms in total. The van der Waals surface area contributed by atoms with Gasteiger partial charge in [-0.1, -0.05) is 31.2 Å². The second kappa shape index (κ2) is 9.32. The number of carbonyl (C=O) groups excluding carboxylic acids is 1. The van der Waals surface area contributed by atoms with E-state index in [9.17, 15) is 9.59 Å². The average molecular weight is 342 g/mol. The van der Waals surface area contributed by atoms with Crippen LogP contribution >= 0.6 is 0 Å². The first kappa shape index (κ1) is 18.3. The number of nitrogens with one attached hydrogen (secondary N) is 2. The molecule has 132 valence electrons. The van der Waals surface area contributed by atoms with E-state index in [0.717, 1.165) is 12.0 Å². The van der Waals surface area contributed by atoms with E-state index in [1.165, 1.54) is 0 Å². The Morgan fingerprint density at radius 3 is 2.52 bits per heavy atom. The highest BCUT2D eigenvalue weighted by Gasteiger charge is 2.10. The molecule has 2 rings (SSSR count). The van der Waals surface area contributed by atoms with E-state index in [1.54, 1.807) is 24.3 Å². The fourth-order valence-corrected chi connectivity index (χ4v) is 2.23. The maximum Gasteiger partial charge on any atom is 0.323 e. The lowest BCUT2D eigenvalue weighted by Gasteiger charge is -2.14. The molecule has 0 heterocycles. The lowest BCUT2D eigenvalue weighted by Crippen LogP contribution is -2.20. The second-order valence-corrected chi connectivity index (χ2v) is 5.52. The van der Waals surface area contributed by atoms with Crippen molar-refractivity contribution in [1.82, 2.24) is 0 Å². The number of carboxylic acids is 1. The predicted molar refractivity (Wildman–Crippen MR) is 97.3 cm³/mol. The normalized spacial score (nSPS) is 10.1. The van der Waals surface area contributed by atoms with Crippen molar-refractivity contribution in [2.75, 3.05) is 17.2 Å². The average Bonchev–Trinajstić information content (AvgIpc) is 2.60. The zero-order chi connectivity index (χ0) is 18.1. The highest BCUT2D eigenvalue weighted by Crippen LogP contribution is 2.27. The number of aryl methyl sites for hydroxylation is 1. The fraction of sp³-hybridized carbons (Fsp3) is 0.263. The molecule has 2 aromatic carbocycles. The third kappa shape index (κ3) is 6.18. The van der Waals surface area contributed by atoms with E-state index < -0.39 is 5.97 Å². The minimum Gasteiger partial charge on any atom is -0.491 e. The Labute approximate surface area is 146 Å². The fourth-order valence-electron chi connectivity index (χ4n) is 2.23. The Morgan fingerprint density at radius 2 is 1.84 bits per heavy atom. The first-order valence-electron chi connectivity index (χ1n) is 8.19. The minimum atomic E-state index is -0.859. The number of amides is 2. The van der Waals surface area contributed by atoms with Crippen molar-refractivity contribution in [3.8, 4) is 5.75 Å². The van der Waals surface area contributed by atoms with Gasteiger partial charge in [0.2, 0.25) is 0 Å². The lowest BCUT2D eigenvalue weighted by atomic mass is 10.1. The van der Waals surface area contributed by atoms with E-state index in [1.807, 2.05) is 31.2 Å². The van der Waals surface area contributed by atoms with Crippen LogP contribution in [0.5, 0.6) is 5.75 Å². The number of urea groups is 1. The number of carboxylic acid groups (broad SMARTS) is 1. The Hall–Kier alpha value is -3.02. The van der Waals surface area contributed by atoms with Crippen molar-refractivity contribution in [2.45, 2.75) is 26.2 Å². The Balaban J connectivity index is 2.11. The number of benzene rings is 2. The Morgan fingerprint density at radius 1 is 1.08 bits per heavy atom. The standard InChI is InChI=1S/C19H22N2O4/c1-2-12-25-17-10-8-14(9-11-18(22)23)13-16(17)21-19(24)20-15-6-4-3-5-7-15/h3-8,10,13H,2,9,11-12H2,1H3,(H,22,23)(H2,20,21,24). The van der Waals surface area contributed by atoms with E-state index in [0.29, 0.717) is 30.2 Å². The summed E-state index contributed by atoms with van der Waals surface area (Å²) in [6.45, 7) is 2.53. The minimum absolute atomic E-state index is 0.0326. The summed E-state index contributed by atoms with van der Waals surface area (Å²) in [5.74, 6) is -0.299. The molecule has 25 heavy (non-hydrogen) atoms. The van der Waals surface area contributed by atoms with Crippen LogP contribution in [0.15, 0.2) is 48.5 Å². The van der Waals surface area contributed by atoms with Crippen LogP contribution in [-0.4, -0.2) is 23.7 Å². The van der Waals surface area contributed by atoms with Crippen LogP contribution in [0, 0.1) is 0 Å². The van der Waals surface area contributed by atoms with Gasteiger partial charge in [-0.2, -0.15) is 0 Å². The van der Waals surface area contributed by atoms with Gasteiger partial charge in [0.05, 0.1) is 12.3 Å². The molecule has 0 saturated carbocycles. The molecular formula is C19H22N2O4. The van der Waals surface area contributed by atoms with Crippen LogP contribution in [0.25, 0.3) is 0 Å². The smallest absolute Gasteiger partial charge is 0.323 e. The number of para-hydroxylation sites is 1. The summed E-state index contributed by atoms with van der Waals surface area (Å²) < 4.78 is 5.66. The molecule has 0 fully saturated rings. The van der Waals surface area contributed by atoms with E-state index in [4.69, 9.17) is 9.84 Å². The molecule has 0 aromatic heterocycles. The summed E-state index contributed by atoms with van der Waals surface area (Å²) in [5.41, 5.74) is 2.02. The molecule has 0 spiro atoms. The van der Waals surface area contributed by atoms with Crippen LogP contribution in [-0.2, 0) is 11.2 Å².